The van der Waals surface area contributed by atoms with Gasteiger partial charge in [-0.1, -0.05) is 0 Å². The maximum atomic E-state index is 8.52. The number of nitrogens with one attached hydrogen (secondary N) is 2. The lowest BCUT2D eigenvalue weighted by molar-refractivity contribution is 0.226. The van der Waals surface area contributed by atoms with E-state index in [1.54, 1.807) is 6.07 Å². The van der Waals surface area contributed by atoms with Gasteiger partial charge in [-0.05, 0) is 38.9 Å². The van der Waals surface area contributed by atoms with Crippen molar-refractivity contribution in [3.8, 4) is 6.19 Å². The van der Waals surface area contributed by atoms with Crippen molar-refractivity contribution in [2.75, 3.05) is 37.3 Å². The van der Waals surface area contributed by atoms with Crippen molar-refractivity contribution in [3.63, 3.8) is 0 Å². The highest BCUT2D eigenvalue weighted by atomic mass is 15.1. The quantitative estimate of drug-likeness (QED) is 0.612. The van der Waals surface area contributed by atoms with Crippen LogP contribution in [0.25, 0.3) is 0 Å². The molecule has 0 aliphatic carbocycles. The predicted octanol–water partition coefficient (Wildman–Crippen LogP) is 1.12. The third kappa shape index (κ3) is 3.57. The van der Waals surface area contributed by atoms with E-state index in [4.69, 9.17) is 5.26 Å². The Morgan fingerprint density at radius 3 is 2.83 bits per heavy atom. The van der Waals surface area contributed by atoms with Crippen molar-refractivity contribution in [2.24, 2.45) is 5.92 Å². The molecule has 18 heavy (non-hydrogen) atoms. The number of nitrogens with zero attached hydrogens (tertiary/aromatic N) is 4. The Morgan fingerprint density at radius 1 is 1.39 bits per heavy atom. The summed E-state index contributed by atoms with van der Waals surface area (Å²) in [4.78, 5) is 10.4. The molecule has 96 valence electrons. The summed E-state index contributed by atoms with van der Waals surface area (Å²) < 4.78 is 0. The number of anilines is 2. The summed E-state index contributed by atoms with van der Waals surface area (Å²) in [5.74, 6) is 1.99. The molecule has 0 radical (unpaired) electrons. The highest BCUT2D eigenvalue weighted by Gasteiger charge is 2.16. The Hall–Kier alpha value is -1.87. The fraction of sp³-hybridized carbons (Fsp3) is 0.583. The van der Waals surface area contributed by atoms with Crippen LogP contribution < -0.4 is 10.6 Å². The molecule has 0 spiro atoms. The highest BCUT2D eigenvalue weighted by molar-refractivity contribution is 5.48. The van der Waals surface area contributed by atoms with Gasteiger partial charge in [-0.15, -0.1) is 0 Å². The van der Waals surface area contributed by atoms with E-state index in [0.717, 1.165) is 25.5 Å². The minimum absolute atomic E-state index is 0.526. The smallest absolute Gasteiger partial charge is 0.182 e. The number of hydrogen-bond acceptors (Lipinski definition) is 6. The number of hydrogen-bond donors (Lipinski definition) is 2. The molecule has 0 bridgehead atoms. The van der Waals surface area contributed by atoms with Gasteiger partial charge in [0.15, 0.2) is 6.19 Å². The Bertz CT molecular complexity index is 419. The second kappa shape index (κ2) is 6.17. The molecular weight excluding hydrogens is 228 g/mol. The molecule has 0 aromatic carbocycles. The molecule has 0 unspecified atom stereocenters. The summed E-state index contributed by atoms with van der Waals surface area (Å²) in [5.41, 5.74) is 0. The molecule has 2 heterocycles. The van der Waals surface area contributed by atoms with Crippen LogP contribution in [0.15, 0.2) is 12.4 Å². The van der Waals surface area contributed by atoms with E-state index in [1.807, 2.05) is 6.19 Å². The van der Waals surface area contributed by atoms with Crippen molar-refractivity contribution in [1.29, 1.82) is 5.26 Å². The summed E-state index contributed by atoms with van der Waals surface area (Å²) in [6, 6.07) is 1.75. The van der Waals surface area contributed by atoms with E-state index in [9.17, 15) is 0 Å². The Kier molecular flexibility index (Phi) is 4.31. The highest BCUT2D eigenvalue weighted by Crippen LogP contribution is 2.17. The van der Waals surface area contributed by atoms with E-state index in [-0.39, 0.29) is 0 Å². The molecule has 1 aromatic rings. The van der Waals surface area contributed by atoms with Crippen LogP contribution in [0.1, 0.15) is 12.8 Å². The summed E-state index contributed by atoms with van der Waals surface area (Å²) in [7, 11) is 2.16. The lowest BCUT2D eigenvalue weighted by Crippen LogP contribution is -2.33. The molecule has 1 fully saturated rings. The third-order valence-electron chi connectivity index (χ3n) is 3.26. The van der Waals surface area contributed by atoms with Gasteiger partial charge in [0.25, 0.3) is 0 Å². The van der Waals surface area contributed by atoms with Gasteiger partial charge in [0.2, 0.25) is 0 Å². The van der Waals surface area contributed by atoms with Crippen LogP contribution in [0.4, 0.5) is 11.6 Å². The SMILES string of the molecule is CN1CCC(CNc2cc(NC#N)ncn2)CC1. The first kappa shape index (κ1) is 12.6. The minimum Gasteiger partial charge on any atom is -0.370 e. The summed E-state index contributed by atoms with van der Waals surface area (Å²) in [6.07, 6.45) is 5.74. The van der Waals surface area contributed by atoms with Gasteiger partial charge >= 0.3 is 0 Å². The fourth-order valence-corrected chi connectivity index (χ4v) is 2.09. The average Bonchev–Trinajstić information content (AvgIpc) is 2.39. The second-order valence-electron chi connectivity index (χ2n) is 4.65. The van der Waals surface area contributed by atoms with E-state index < -0.39 is 0 Å². The van der Waals surface area contributed by atoms with Crippen molar-refractivity contribution in [2.45, 2.75) is 12.8 Å². The van der Waals surface area contributed by atoms with E-state index in [0.29, 0.717) is 11.7 Å². The van der Waals surface area contributed by atoms with Gasteiger partial charge < -0.3 is 10.2 Å². The molecule has 1 aromatic heterocycles. The zero-order valence-electron chi connectivity index (χ0n) is 10.6. The zero-order chi connectivity index (χ0) is 12.8. The number of aromatic nitrogens is 2. The summed E-state index contributed by atoms with van der Waals surface area (Å²) in [5, 5.41) is 14.3. The standard InChI is InChI=1S/C12H18N6/c1-18-4-2-10(3-5-18)7-14-11-6-12(15-8-13)17-9-16-11/h6,9-10H,2-5,7H2,1H3,(H2,14,15,16,17). The largest absolute Gasteiger partial charge is 0.370 e. The number of piperidine rings is 1. The molecular formula is C12H18N6. The molecule has 2 rings (SSSR count). The van der Waals surface area contributed by atoms with Gasteiger partial charge in [-0.25, -0.2) is 9.97 Å². The minimum atomic E-state index is 0.526. The third-order valence-corrected chi connectivity index (χ3v) is 3.26. The van der Waals surface area contributed by atoms with E-state index >= 15 is 0 Å². The van der Waals surface area contributed by atoms with E-state index in [2.05, 4.69) is 32.5 Å². The lowest BCUT2D eigenvalue weighted by atomic mass is 9.97. The average molecular weight is 246 g/mol. The van der Waals surface area contributed by atoms with Crippen molar-refractivity contribution in [3.05, 3.63) is 12.4 Å². The first-order valence-electron chi connectivity index (χ1n) is 6.17. The first-order valence-corrected chi connectivity index (χ1v) is 6.17. The monoisotopic (exact) mass is 246 g/mol. The van der Waals surface area contributed by atoms with Gasteiger partial charge in [0.05, 0.1) is 0 Å². The van der Waals surface area contributed by atoms with Crippen LogP contribution in [0.2, 0.25) is 0 Å². The van der Waals surface area contributed by atoms with Crippen LogP contribution in [-0.4, -0.2) is 41.5 Å². The Labute approximate surface area is 107 Å². The number of rotatable bonds is 4. The topological polar surface area (TPSA) is 76.9 Å². The molecule has 1 aliphatic rings. The second-order valence-corrected chi connectivity index (χ2v) is 4.65. The molecule has 1 saturated heterocycles. The predicted molar refractivity (Wildman–Crippen MR) is 70.0 cm³/mol. The number of nitriles is 1. The summed E-state index contributed by atoms with van der Waals surface area (Å²) in [6.45, 7) is 3.26. The maximum absolute atomic E-state index is 8.52. The summed E-state index contributed by atoms with van der Waals surface area (Å²) >= 11 is 0. The molecule has 6 heteroatoms. The molecule has 1 aliphatic heterocycles. The number of likely N-dealkylation sites (tertiary alicyclic amines) is 1. The van der Waals surface area contributed by atoms with Crippen molar-refractivity contribution < 1.29 is 0 Å². The van der Waals surface area contributed by atoms with Gasteiger partial charge in [0, 0.05) is 12.6 Å². The Balaban J connectivity index is 1.83. The van der Waals surface area contributed by atoms with Crippen LogP contribution in [-0.2, 0) is 0 Å². The molecule has 0 saturated carbocycles. The van der Waals surface area contributed by atoms with E-state index in [1.165, 1.54) is 19.2 Å². The van der Waals surface area contributed by atoms with Gasteiger partial charge in [-0.2, -0.15) is 5.26 Å². The van der Waals surface area contributed by atoms with Gasteiger partial charge in [0.1, 0.15) is 18.0 Å². The van der Waals surface area contributed by atoms with Crippen LogP contribution in [0.3, 0.4) is 0 Å². The zero-order valence-corrected chi connectivity index (χ0v) is 10.6. The fourth-order valence-electron chi connectivity index (χ4n) is 2.09. The molecule has 2 N–H and O–H groups in total. The van der Waals surface area contributed by atoms with Crippen LogP contribution >= 0.6 is 0 Å². The molecule has 0 amide bonds. The molecule has 6 nitrogen and oxygen atoms in total. The first-order chi connectivity index (χ1) is 8.78. The lowest BCUT2D eigenvalue weighted by Gasteiger charge is -2.29. The maximum Gasteiger partial charge on any atom is 0.182 e. The molecule has 0 atom stereocenters. The van der Waals surface area contributed by atoms with Gasteiger partial charge in [-0.3, -0.25) is 5.32 Å². The van der Waals surface area contributed by atoms with Crippen molar-refractivity contribution in [1.82, 2.24) is 14.9 Å². The normalized spacial score (nSPS) is 17.1. The van der Waals surface area contributed by atoms with Crippen molar-refractivity contribution >= 4 is 11.6 Å². The Morgan fingerprint density at radius 2 is 2.11 bits per heavy atom. The van der Waals surface area contributed by atoms with Crippen LogP contribution in [0, 0.1) is 17.4 Å². The van der Waals surface area contributed by atoms with Crippen LogP contribution in [0.5, 0.6) is 0 Å².